The van der Waals surface area contributed by atoms with Gasteiger partial charge in [-0.25, -0.2) is 4.68 Å². The second-order valence-corrected chi connectivity index (χ2v) is 7.08. The molecule has 0 unspecified atom stereocenters. The summed E-state index contributed by atoms with van der Waals surface area (Å²) in [6.07, 6.45) is 2.45. The number of hydrogen-bond donors (Lipinski definition) is 1. The zero-order chi connectivity index (χ0) is 20.9. The van der Waals surface area contributed by atoms with Gasteiger partial charge in [0.1, 0.15) is 11.3 Å². The van der Waals surface area contributed by atoms with Crippen LogP contribution in [0.1, 0.15) is 28.2 Å². The van der Waals surface area contributed by atoms with Crippen LogP contribution in [-0.2, 0) is 0 Å². The maximum Gasteiger partial charge on any atom is 0.255 e. The lowest BCUT2D eigenvalue weighted by molar-refractivity contribution is 0.0950. The Morgan fingerprint density at radius 2 is 1.83 bits per heavy atom. The molecule has 30 heavy (non-hydrogen) atoms. The van der Waals surface area contributed by atoms with Gasteiger partial charge >= 0.3 is 0 Å². The Hall–Kier alpha value is -3.67. The molecule has 4 rings (SSSR count). The minimum atomic E-state index is -0.112. The molecule has 6 nitrogen and oxygen atoms in total. The number of carbonyl (C=O) groups excluding carboxylic acids is 1. The topological polar surface area (TPSA) is 69.0 Å². The molecule has 2 aromatic heterocycles. The lowest BCUT2D eigenvalue weighted by atomic mass is 10.2. The third-order valence-corrected chi connectivity index (χ3v) is 4.98. The Bertz CT molecular complexity index is 1160. The number of nitrogens with one attached hydrogen (secondary N) is 1. The summed E-state index contributed by atoms with van der Waals surface area (Å²) in [7, 11) is 0. The van der Waals surface area contributed by atoms with Crippen LogP contribution in [0, 0.1) is 13.8 Å². The third-order valence-electron chi connectivity index (χ3n) is 4.98. The standard InChI is InChI=1S/C24H24N4O2/c1-17-22(18(2)28(27-17)20-11-4-3-5-12-20)24(29)26-15-8-16-30-21-13-6-9-19-10-7-14-25-23(19)21/h3-7,9-14H,8,15-16H2,1-2H3,(H,26,29). The molecule has 4 aromatic rings. The van der Waals surface area contributed by atoms with Crippen molar-refractivity contribution in [3.8, 4) is 11.4 Å². The molecule has 0 aliphatic carbocycles. The first-order chi connectivity index (χ1) is 14.6. The van der Waals surface area contributed by atoms with E-state index < -0.39 is 0 Å². The monoisotopic (exact) mass is 400 g/mol. The summed E-state index contributed by atoms with van der Waals surface area (Å²) in [5, 5.41) is 8.57. The number of nitrogens with zero attached hydrogens (tertiary/aromatic N) is 3. The van der Waals surface area contributed by atoms with Crippen molar-refractivity contribution < 1.29 is 9.53 Å². The number of amides is 1. The normalized spacial score (nSPS) is 10.9. The van der Waals surface area contributed by atoms with E-state index in [1.54, 1.807) is 10.9 Å². The molecule has 2 heterocycles. The van der Waals surface area contributed by atoms with Crippen LogP contribution in [0.2, 0.25) is 0 Å². The van der Waals surface area contributed by atoms with E-state index in [0.29, 0.717) is 30.8 Å². The molecule has 152 valence electrons. The SMILES string of the molecule is Cc1nn(-c2ccccc2)c(C)c1C(=O)NCCCOc1cccc2cccnc12. The maximum atomic E-state index is 12.7. The molecule has 0 atom stereocenters. The number of benzene rings is 2. The average molecular weight is 400 g/mol. The van der Waals surface area contributed by atoms with Crippen molar-refractivity contribution in [3.63, 3.8) is 0 Å². The van der Waals surface area contributed by atoms with Gasteiger partial charge in [-0.05, 0) is 44.5 Å². The molecular formula is C24H24N4O2. The number of aromatic nitrogens is 3. The van der Waals surface area contributed by atoms with Gasteiger partial charge in [0, 0.05) is 18.1 Å². The number of aryl methyl sites for hydroxylation is 1. The molecule has 0 saturated carbocycles. The summed E-state index contributed by atoms with van der Waals surface area (Å²) in [6, 6.07) is 19.6. The zero-order valence-electron chi connectivity index (χ0n) is 17.1. The minimum absolute atomic E-state index is 0.112. The molecular weight excluding hydrogens is 376 g/mol. The van der Waals surface area contributed by atoms with Gasteiger partial charge in [0.25, 0.3) is 5.91 Å². The summed E-state index contributed by atoms with van der Waals surface area (Å²) in [6.45, 7) is 4.79. The zero-order valence-corrected chi connectivity index (χ0v) is 17.1. The first-order valence-corrected chi connectivity index (χ1v) is 10.0. The molecule has 0 bridgehead atoms. The van der Waals surface area contributed by atoms with Gasteiger partial charge in [0.15, 0.2) is 0 Å². The van der Waals surface area contributed by atoms with Crippen molar-refractivity contribution in [2.75, 3.05) is 13.2 Å². The van der Waals surface area contributed by atoms with E-state index in [1.165, 1.54) is 0 Å². The molecule has 0 radical (unpaired) electrons. The van der Waals surface area contributed by atoms with Gasteiger partial charge < -0.3 is 10.1 Å². The fourth-order valence-corrected chi connectivity index (χ4v) is 3.53. The molecule has 0 saturated heterocycles. The van der Waals surface area contributed by atoms with E-state index >= 15 is 0 Å². The van der Waals surface area contributed by atoms with Crippen molar-refractivity contribution in [1.29, 1.82) is 0 Å². The lowest BCUT2D eigenvalue weighted by Gasteiger charge is -2.09. The van der Waals surface area contributed by atoms with Crippen LogP contribution < -0.4 is 10.1 Å². The summed E-state index contributed by atoms with van der Waals surface area (Å²) in [5.74, 6) is 0.647. The number of ether oxygens (including phenoxy) is 1. The van der Waals surface area contributed by atoms with E-state index in [9.17, 15) is 4.79 Å². The fourth-order valence-electron chi connectivity index (χ4n) is 3.53. The summed E-state index contributed by atoms with van der Waals surface area (Å²) in [4.78, 5) is 17.1. The average Bonchev–Trinajstić information content (AvgIpc) is 3.08. The summed E-state index contributed by atoms with van der Waals surface area (Å²) >= 11 is 0. The highest BCUT2D eigenvalue weighted by atomic mass is 16.5. The second kappa shape index (κ2) is 8.78. The number of fused-ring (bicyclic) bond motifs is 1. The Labute approximate surface area is 175 Å². The summed E-state index contributed by atoms with van der Waals surface area (Å²) in [5.41, 5.74) is 3.96. The van der Waals surface area contributed by atoms with Crippen molar-refractivity contribution in [2.24, 2.45) is 0 Å². The number of pyridine rings is 1. The lowest BCUT2D eigenvalue weighted by Crippen LogP contribution is -2.26. The van der Waals surface area contributed by atoms with E-state index in [1.807, 2.05) is 74.5 Å². The molecule has 1 N–H and O–H groups in total. The number of rotatable bonds is 7. The Kier molecular flexibility index (Phi) is 5.75. The largest absolute Gasteiger partial charge is 0.491 e. The van der Waals surface area contributed by atoms with Gasteiger partial charge in [0.2, 0.25) is 0 Å². The Morgan fingerprint density at radius 1 is 1.03 bits per heavy atom. The second-order valence-electron chi connectivity index (χ2n) is 7.08. The van der Waals surface area contributed by atoms with Crippen LogP contribution in [-0.4, -0.2) is 33.8 Å². The molecule has 0 aliphatic rings. The fraction of sp³-hybridized carbons (Fsp3) is 0.208. The highest BCUT2D eigenvalue weighted by Gasteiger charge is 2.19. The number of para-hydroxylation sites is 2. The Morgan fingerprint density at radius 3 is 2.67 bits per heavy atom. The molecule has 6 heteroatoms. The van der Waals surface area contributed by atoms with Crippen LogP contribution in [0.3, 0.4) is 0 Å². The molecule has 2 aromatic carbocycles. The summed E-state index contributed by atoms with van der Waals surface area (Å²) < 4.78 is 7.69. The smallest absolute Gasteiger partial charge is 0.255 e. The molecule has 0 aliphatic heterocycles. The van der Waals surface area contributed by atoms with Gasteiger partial charge in [-0.15, -0.1) is 0 Å². The van der Waals surface area contributed by atoms with Crippen molar-refractivity contribution in [3.05, 3.63) is 83.8 Å². The van der Waals surface area contributed by atoms with Crippen molar-refractivity contribution in [1.82, 2.24) is 20.1 Å². The van der Waals surface area contributed by atoms with Crippen LogP contribution in [0.15, 0.2) is 66.9 Å². The Balaban J connectivity index is 1.34. The van der Waals surface area contributed by atoms with E-state index in [2.05, 4.69) is 15.4 Å². The van der Waals surface area contributed by atoms with Crippen molar-refractivity contribution >= 4 is 16.8 Å². The van der Waals surface area contributed by atoms with E-state index in [-0.39, 0.29) is 5.91 Å². The number of hydrogen-bond acceptors (Lipinski definition) is 4. The third kappa shape index (κ3) is 4.03. The highest BCUT2D eigenvalue weighted by molar-refractivity contribution is 5.96. The van der Waals surface area contributed by atoms with Crippen molar-refractivity contribution in [2.45, 2.75) is 20.3 Å². The predicted molar refractivity (Wildman–Crippen MR) is 117 cm³/mol. The molecule has 1 amide bonds. The maximum absolute atomic E-state index is 12.7. The van der Waals surface area contributed by atoms with Crippen LogP contribution in [0.4, 0.5) is 0 Å². The predicted octanol–water partition coefficient (Wildman–Crippen LogP) is 4.24. The van der Waals surface area contributed by atoms with Crippen LogP contribution in [0.25, 0.3) is 16.6 Å². The van der Waals surface area contributed by atoms with Gasteiger partial charge in [-0.3, -0.25) is 9.78 Å². The van der Waals surface area contributed by atoms with Crippen LogP contribution in [0.5, 0.6) is 5.75 Å². The first-order valence-electron chi connectivity index (χ1n) is 10.0. The van der Waals surface area contributed by atoms with Gasteiger partial charge in [0.05, 0.1) is 29.2 Å². The van der Waals surface area contributed by atoms with Gasteiger partial charge in [-0.2, -0.15) is 5.10 Å². The van der Waals surface area contributed by atoms with Gasteiger partial charge in [-0.1, -0.05) is 36.4 Å². The van der Waals surface area contributed by atoms with E-state index in [0.717, 1.165) is 28.0 Å². The molecule has 0 fully saturated rings. The first kappa shape index (κ1) is 19.6. The minimum Gasteiger partial charge on any atom is -0.491 e. The quantitative estimate of drug-likeness (QED) is 0.471. The molecule has 0 spiro atoms. The highest BCUT2D eigenvalue weighted by Crippen LogP contribution is 2.23. The van der Waals surface area contributed by atoms with E-state index in [4.69, 9.17) is 4.74 Å². The number of carbonyl (C=O) groups is 1. The van der Waals surface area contributed by atoms with Crippen LogP contribution >= 0.6 is 0 Å².